The molecule has 0 radical (unpaired) electrons. The molecule has 2 rings (SSSR count). The third-order valence-corrected chi connectivity index (χ3v) is 3.43. The van der Waals surface area contributed by atoms with Crippen LogP contribution in [0.1, 0.15) is 18.4 Å². The molecule has 1 atom stereocenters. The normalized spacial score (nSPS) is 19.3. The van der Waals surface area contributed by atoms with Crippen LogP contribution in [0.3, 0.4) is 0 Å². The lowest BCUT2D eigenvalue weighted by atomic mass is 9.97. The smallest absolute Gasteiger partial charge is 0.308 e. The van der Waals surface area contributed by atoms with Crippen molar-refractivity contribution in [1.29, 1.82) is 5.26 Å². The van der Waals surface area contributed by atoms with Gasteiger partial charge in [-0.25, -0.2) is 0 Å². The first-order chi connectivity index (χ1) is 8.61. The van der Waals surface area contributed by atoms with Gasteiger partial charge in [0.15, 0.2) is 0 Å². The van der Waals surface area contributed by atoms with Crippen molar-refractivity contribution in [3.05, 3.63) is 28.8 Å². The molecule has 0 bridgehead atoms. The van der Waals surface area contributed by atoms with E-state index in [1.807, 2.05) is 4.90 Å². The van der Waals surface area contributed by atoms with Gasteiger partial charge < -0.3 is 10.0 Å². The van der Waals surface area contributed by atoms with Crippen LogP contribution in [0.2, 0.25) is 5.02 Å². The second-order valence-corrected chi connectivity index (χ2v) is 4.83. The monoisotopic (exact) mass is 264 g/mol. The zero-order valence-electron chi connectivity index (χ0n) is 9.77. The van der Waals surface area contributed by atoms with Crippen molar-refractivity contribution >= 4 is 23.3 Å². The SMILES string of the molecule is N#Cc1ccc(Cl)cc1N1CCC[C@H](C(=O)O)C1. The number of carboxylic acids is 1. The number of carboxylic acid groups (broad SMARTS) is 1. The van der Waals surface area contributed by atoms with Crippen LogP contribution in [-0.4, -0.2) is 24.2 Å². The molecular weight excluding hydrogens is 252 g/mol. The molecule has 0 saturated carbocycles. The van der Waals surface area contributed by atoms with E-state index in [0.717, 1.165) is 18.7 Å². The Morgan fingerprint density at radius 2 is 2.33 bits per heavy atom. The largest absolute Gasteiger partial charge is 0.481 e. The van der Waals surface area contributed by atoms with E-state index in [9.17, 15) is 4.79 Å². The Labute approximate surface area is 110 Å². The third kappa shape index (κ3) is 2.57. The molecule has 0 amide bonds. The highest BCUT2D eigenvalue weighted by Crippen LogP contribution is 2.28. The lowest BCUT2D eigenvalue weighted by Crippen LogP contribution is -2.39. The number of hydrogen-bond acceptors (Lipinski definition) is 3. The Morgan fingerprint density at radius 1 is 1.56 bits per heavy atom. The van der Waals surface area contributed by atoms with Crippen molar-refractivity contribution in [2.24, 2.45) is 5.92 Å². The molecule has 0 spiro atoms. The van der Waals surface area contributed by atoms with Gasteiger partial charge in [0.1, 0.15) is 6.07 Å². The van der Waals surface area contributed by atoms with Gasteiger partial charge in [-0.1, -0.05) is 11.6 Å². The van der Waals surface area contributed by atoms with Crippen molar-refractivity contribution in [3.63, 3.8) is 0 Å². The molecule has 1 aliphatic heterocycles. The fourth-order valence-corrected chi connectivity index (χ4v) is 2.42. The first-order valence-electron chi connectivity index (χ1n) is 5.79. The van der Waals surface area contributed by atoms with Crippen LogP contribution in [0.25, 0.3) is 0 Å². The summed E-state index contributed by atoms with van der Waals surface area (Å²) in [7, 11) is 0. The van der Waals surface area contributed by atoms with E-state index in [-0.39, 0.29) is 5.92 Å². The Morgan fingerprint density at radius 3 is 3.00 bits per heavy atom. The van der Waals surface area contributed by atoms with Crippen LogP contribution in [0, 0.1) is 17.2 Å². The first kappa shape index (κ1) is 12.7. The number of piperidine rings is 1. The Bertz CT molecular complexity index is 510. The van der Waals surface area contributed by atoms with Crippen molar-refractivity contribution in [2.75, 3.05) is 18.0 Å². The lowest BCUT2D eigenvalue weighted by molar-refractivity contribution is -0.141. The zero-order chi connectivity index (χ0) is 13.1. The molecule has 4 nitrogen and oxygen atoms in total. The van der Waals surface area contributed by atoms with Crippen LogP contribution in [-0.2, 0) is 4.79 Å². The highest BCUT2D eigenvalue weighted by atomic mass is 35.5. The van der Waals surface area contributed by atoms with Crippen molar-refractivity contribution in [2.45, 2.75) is 12.8 Å². The Kier molecular flexibility index (Phi) is 3.73. The number of anilines is 1. The molecule has 5 heteroatoms. The van der Waals surface area contributed by atoms with Crippen molar-refractivity contribution < 1.29 is 9.90 Å². The predicted octanol–water partition coefficient (Wildman–Crippen LogP) is 2.51. The van der Waals surface area contributed by atoms with Gasteiger partial charge in [-0.3, -0.25) is 4.79 Å². The number of rotatable bonds is 2. The number of hydrogen-bond donors (Lipinski definition) is 1. The molecule has 0 aromatic heterocycles. The number of aliphatic carboxylic acids is 1. The second kappa shape index (κ2) is 5.28. The summed E-state index contributed by atoms with van der Waals surface area (Å²) in [5, 5.41) is 18.7. The van der Waals surface area contributed by atoms with E-state index < -0.39 is 5.97 Å². The maximum atomic E-state index is 11.0. The molecule has 0 unspecified atom stereocenters. The molecule has 1 fully saturated rings. The van der Waals surface area contributed by atoms with Crippen LogP contribution in [0.15, 0.2) is 18.2 Å². The van der Waals surface area contributed by atoms with Crippen LogP contribution >= 0.6 is 11.6 Å². The van der Waals surface area contributed by atoms with Gasteiger partial charge in [-0.2, -0.15) is 5.26 Å². The highest BCUT2D eigenvalue weighted by molar-refractivity contribution is 6.30. The molecule has 1 aromatic rings. The molecule has 1 N–H and O–H groups in total. The van der Waals surface area contributed by atoms with Crippen LogP contribution in [0.4, 0.5) is 5.69 Å². The minimum absolute atomic E-state index is 0.371. The molecule has 0 aliphatic carbocycles. The summed E-state index contributed by atoms with van der Waals surface area (Å²) in [4.78, 5) is 13.0. The first-order valence-corrected chi connectivity index (χ1v) is 6.17. The quantitative estimate of drug-likeness (QED) is 0.891. The molecule has 1 aromatic carbocycles. The van der Waals surface area contributed by atoms with Gasteiger partial charge in [0, 0.05) is 18.1 Å². The third-order valence-electron chi connectivity index (χ3n) is 3.19. The van der Waals surface area contributed by atoms with Gasteiger partial charge in [0.2, 0.25) is 0 Å². The average Bonchev–Trinajstić information content (AvgIpc) is 2.39. The standard InChI is InChI=1S/C13H13ClN2O2/c14-11-4-3-9(7-15)12(6-11)16-5-1-2-10(8-16)13(17)18/h3-4,6,10H,1-2,5,8H2,(H,17,18)/t10-/m0/s1. The summed E-state index contributed by atoms with van der Waals surface area (Å²) in [6.45, 7) is 1.20. The van der Waals surface area contributed by atoms with Crippen LogP contribution in [0.5, 0.6) is 0 Å². The molecule has 1 saturated heterocycles. The lowest BCUT2D eigenvalue weighted by Gasteiger charge is -2.33. The van der Waals surface area contributed by atoms with Crippen molar-refractivity contribution in [3.8, 4) is 6.07 Å². The van der Waals surface area contributed by atoms with Gasteiger partial charge in [-0.05, 0) is 31.0 Å². The van der Waals surface area contributed by atoms with Crippen LogP contribution < -0.4 is 4.90 Å². The van der Waals surface area contributed by atoms with E-state index in [0.29, 0.717) is 23.6 Å². The van der Waals surface area contributed by atoms with Gasteiger partial charge in [0.05, 0.1) is 17.2 Å². The van der Waals surface area contributed by atoms with Gasteiger partial charge in [-0.15, -0.1) is 0 Å². The minimum atomic E-state index is -0.778. The minimum Gasteiger partial charge on any atom is -0.481 e. The van der Waals surface area contributed by atoms with E-state index in [1.54, 1.807) is 18.2 Å². The molecule has 1 aliphatic rings. The fraction of sp³-hybridized carbons (Fsp3) is 0.385. The molecule has 18 heavy (non-hydrogen) atoms. The maximum Gasteiger partial charge on any atom is 0.308 e. The Balaban J connectivity index is 2.28. The topological polar surface area (TPSA) is 64.3 Å². The summed E-state index contributed by atoms with van der Waals surface area (Å²) < 4.78 is 0. The van der Waals surface area contributed by atoms with Gasteiger partial charge in [0.25, 0.3) is 0 Å². The number of carbonyl (C=O) groups is 1. The number of nitriles is 1. The summed E-state index contributed by atoms with van der Waals surface area (Å²) >= 11 is 5.94. The van der Waals surface area contributed by atoms with Gasteiger partial charge >= 0.3 is 5.97 Å². The molecule has 94 valence electrons. The van der Waals surface area contributed by atoms with E-state index in [4.69, 9.17) is 22.0 Å². The summed E-state index contributed by atoms with van der Waals surface area (Å²) in [5.74, 6) is -1.15. The summed E-state index contributed by atoms with van der Waals surface area (Å²) in [5.41, 5.74) is 1.27. The predicted molar refractivity (Wildman–Crippen MR) is 68.7 cm³/mol. The maximum absolute atomic E-state index is 11.0. The van der Waals surface area contributed by atoms with E-state index >= 15 is 0 Å². The second-order valence-electron chi connectivity index (χ2n) is 4.40. The highest BCUT2D eigenvalue weighted by Gasteiger charge is 2.26. The average molecular weight is 265 g/mol. The number of benzene rings is 1. The summed E-state index contributed by atoms with van der Waals surface area (Å²) in [6.07, 6.45) is 1.50. The van der Waals surface area contributed by atoms with E-state index in [2.05, 4.69) is 6.07 Å². The fourth-order valence-electron chi connectivity index (χ4n) is 2.26. The molecule has 1 heterocycles. The van der Waals surface area contributed by atoms with E-state index in [1.165, 1.54) is 0 Å². The molecular formula is C13H13ClN2O2. The summed E-state index contributed by atoms with van der Waals surface area (Å²) in [6, 6.07) is 7.18. The zero-order valence-corrected chi connectivity index (χ0v) is 10.5. The Hall–Kier alpha value is -1.73. The number of halogens is 1. The number of nitrogens with zero attached hydrogens (tertiary/aromatic N) is 2. The van der Waals surface area contributed by atoms with Crippen molar-refractivity contribution in [1.82, 2.24) is 0 Å².